The van der Waals surface area contributed by atoms with E-state index in [1.165, 1.54) is 25.4 Å². The highest BCUT2D eigenvalue weighted by atomic mass is 19.1. The Morgan fingerprint density at radius 1 is 1.25 bits per heavy atom. The molecule has 0 saturated carbocycles. The lowest BCUT2D eigenvalue weighted by Gasteiger charge is -2.12. The molecule has 2 N–H and O–H groups in total. The Balaban J connectivity index is 2.16. The number of pyridine rings is 1. The third-order valence-electron chi connectivity index (χ3n) is 2.65. The Bertz CT molecular complexity index is 594. The molecule has 20 heavy (non-hydrogen) atoms. The topological polar surface area (TPSA) is 71.8 Å². The van der Waals surface area contributed by atoms with E-state index in [1.54, 1.807) is 12.1 Å². The van der Waals surface area contributed by atoms with Gasteiger partial charge in [0.2, 0.25) is 0 Å². The van der Waals surface area contributed by atoms with Crippen molar-refractivity contribution < 1.29 is 23.9 Å². The molecule has 0 amide bonds. The Morgan fingerprint density at radius 2 is 2.05 bits per heavy atom. The van der Waals surface area contributed by atoms with Crippen molar-refractivity contribution in [3.8, 4) is 11.5 Å². The van der Waals surface area contributed by atoms with Crippen LogP contribution < -0.4 is 14.9 Å². The first-order chi connectivity index (χ1) is 9.60. The molecule has 104 valence electrons. The van der Waals surface area contributed by atoms with Crippen LogP contribution in [0.15, 0.2) is 36.7 Å². The summed E-state index contributed by atoms with van der Waals surface area (Å²) in [5, 5.41) is 18.6. The highest BCUT2D eigenvalue weighted by Gasteiger charge is 2.18. The Morgan fingerprint density at radius 3 is 2.70 bits per heavy atom. The highest BCUT2D eigenvalue weighted by Crippen LogP contribution is 2.17. The molecule has 2 aromatic rings. The largest absolute Gasteiger partial charge is 0.497 e. The lowest BCUT2D eigenvalue weighted by Crippen LogP contribution is -2.31. The number of rotatable bonds is 5. The predicted octanol–water partition coefficient (Wildman–Crippen LogP) is 0.488. The number of hydrogen-bond acceptors (Lipinski definition) is 5. The van der Waals surface area contributed by atoms with E-state index in [2.05, 4.69) is 4.98 Å². The van der Waals surface area contributed by atoms with Gasteiger partial charge in [-0.25, -0.2) is 4.39 Å². The van der Waals surface area contributed by atoms with Gasteiger partial charge in [0.25, 0.3) is 0 Å². The monoisotopic (exact) mass is 277 g/mol. The molecule has 2 rings (SSSR count). The second kappa shape index (κ2) is 6.36. The number of methoxy groups -OCH3 is 1. The molecule has 1 aromatic heterocycles. The summed E-state index contributed by atoms with van der Waals surface area (Å²) in [6.45, 7) is 0.0663. The van der Waals surface area contributed by atoms with E-state index in [4.69, 9.17) is 9.47 Å². The van der Waals surface area contributed by atoms with Crippen LogP contribution in [0.2, 0.25) is 0 Å². The molecular weight excluding hydrogens is 264 g/mol. The highest BCUT2D eigenvalue weighted by molar-refractivity contribution is 6.59. The number of hydrogen-bond donors (Lipinski definition) is 2. The van der Waals surface area contributed by atoms with E-state index in [0.717, 1.165) is 6.20 Å². The molecule has 0 radical (unpaired) electrons. The van der Waals surface area contributed by atoms with Gasteiger partial charge in [0.05, 0.1) is 13.3 Å². The maximum atomic E-state index is 13.0. The minimum atomic E-state index is -1.69. The van der Waals surface area contributed by atoms with E-state index in [9.17, 15) is 14.4 Å². The molecule has 1 heterocycles. The summed E-state index contributed by atoms with van der Waals surface area (Å²) in [5.74, 6) is 0.307. The molecule has 0 atom stereocenters. The van der Waals surface area contributed by atoms with Crippen molar-refractivity contribution in [1.82, 2.24) is 4.98 Å². The third-order valence-corrected chi connectivity index (χ3v) is 2.65. The Kier molecular flexibility index (Phi) is 4.55. The maximum Gasteiger partial charge on any atom is 0.492 e. The molecule has 0 aliphatic rings. The second-order valence-corrected chi connectivity index (χ2v) is 4.08. The van der Waals surface area contributed by atoms with Gasteiger partial charge in [-0.2, -0.15) is 0 Å². The van der Waals surface area contributed by atoms with Crippen molar-refractivity contribution in [2.75, 3.05) is 7.11 Å². The van der Waals surface area contributed by atoms with Crippen molar-refractivity contribution in [1.29, 1.82) is 0 Å². The molecule has 0 unspecified atom stereocenters. The first-order valence-electron chi connectivity index (χ1n) is 5.86. The van der Waals surface area contributed by atoms with Gasteiger partial charge in [-0.3, -0.25) is 4.98 Å². The molecule has 0 saturated heterocycles. The first kappa shape index (κ1) is 14.3. The zero-order chi connectivity index (χ0) is 14.5. The van der Waals surface area contributed by atoms with E-state index in [0.29, 0.717) is 11.3 Å². The van der Waals surface area contributed by atoms with Crippen LogP contribution in [0.25, 0.3) is 0 Å². The molecule has 0 aliphatic heterocycles. The average molecular weight is 277 g/mol. The van der Waals surface area contributed by atoms with E-state index in [-0.39, 0.29) is 17.8 Å². The van der Waals surface area contributed by atoms with Crippen molar-refractivity contribution >= 4 is 12.6 Å². The summed E-state index contributed by atoms with van der Waals surface area (Å²) in [5.41, 5.74) is 0.716. The van der Waals surface area contributed by atoms with Gasteiger partial charge in [0.15, 0.2) is 0 Å². The number of halogens is 1. The quantitative estimate of drug-likeness (QED) is 0.778. The minimum Gasteiger partial charge on any atom is -0.497 e. The van der Waals surface area contributed by atoms with E-state index >= 15 is 0 Å². The number of aromatic nitrogens is 1. The molecule has 7 heteroatoms. The van der Waals surface area contributed by atoms with Crippen LogP contribution >= 0.6 is 0 Å². The fraction of sp³-hybridized carbons (Fsp3) is 0.154. The summed E-state index contributed by atoms with van der Waals surface area (Å²) < 4.78 is 23.4. The van der Waals surface area contributed by atoms with Gasteiger partial charge in [-0.05, 0) is 24.3 Å². The van der Waals surface area contributed by atoms with Gasteiger partial charge in [0.1, 0.15) is 23.9 Å². The molecular formula is C13H13BFNO4. The molecule has 5 nitrogen and oxygen atoms in total. The van der Waals surface area contributed by atoms with Crippen LogP contribution in [0.5, 0.6) is 11.5 Å². The predicted molar refractivity (Wildman–Crippen MR) is 71.3 cm³/mol. The van der Waals surface area contributed by atoms with Gasteiger partial charge in [0, 0.05) is 17.2 Å². The summed E-state index contributed by atoms with van der Waals surface area (Å²) in [6.07, 6.45) is 2.57. The molecule has 1 aromatic carbocycles. The second-order valence-electron chi connectivity index (χ2n) is 4.08. The van der Waals surface area contributed by atoms with Crippen molar-refractivity contribution in [3.05, 3.63) is 48.0 Å². The van der Waals surface area contributed by atoms with Crippen LogP contribution in [-0.2, 0) is 6.61 Å². The van der Waals surface area contributed by atoms with Crippen molar-refractivity contribution in [3.63, 3.8) is 0 Å². The van der Waals surface area contributed by atoms with Gasteiger partial charge in [-0.1, -0.05) is 0 Å². The van der Waals surface area contributed by atoms with Crippen LogP contribution in [0.1, 0.15) is 5.56 Å². The zero-order valence-corrected chi connectivity index (χ0v) is 10.8. The summed E-state index contributed by atoms with van der Waals surface area (Å²) in [6, 6.07) is 5.95. The third kappa shape index (κ3) is 3.46. The normalized spacial score (nSPS) is 10.2. The lowest BCUT2D eigenvalue weighted by atomic mass is 9.79. The SMILES string of the molecule is COc1ccc(OCc2cncc(F)c2)c(B(O)O)c1. The summed E-state index contributed by atoms with van der Waals surface area (Å²) in [7, 11) is -0.215. The van der Waals surface area contributed by atoms with E-state index in [1.807, 2.05) is 0 Å². The molecule has 0 spiro atoms. The fourth-order valence-electron chi connectivity index (χ4n) is 1.68. The summed E-state index contributed by atoms with van der Waals surface area (Å²) >= 11 is 0. The van der Waals surface area contributed by atoms with Gasteiger partial charge < -0.3 is 19.5 Å². The Hall–Kier alpha value is -2.12. The van der Waals surface area contributed by atoms with Gasteiger partial charge in [-0.15, -0.1) is 0 Å². The minimum absolute atomic E-state index is 0.0663. The Labute approximate surface area is 115 Å². The number of benzene rings is 1. The summed E-state index contributed by atoms with van der Waals surface area (Å²) in [4.78, 5) is 3.71. The standard InChI is InChI=1S/C13H13BFNO4/c1-19-11-2-3-13(12(5-11)14(17)18)20-8-9-4-10(15)7-16-6-9/h2-7,17-18H,8H2,1H3. The smallest absolute Gasteiger partial charge is 0.492 e. The van der Waals surface area contributed by atoms with Crippen molar-refractivity contribution in [2.45, 2.75) is 6.61 Å². The van der Waals surface area contributed by atoms with E-state index < -0.39 is 12.9 Å². The van der Waals surface area contributed by atoms with Crippen molar-refractivity contribution in [2.24, 2.45) is 0 Å². The van der Waals surface area contributed by atoms with Crippen LogP contribution in [0, 0.1) is 5.82 Å². The van der Waals surface area contributed by atoms with Crippen LogP contribution in [0.3, 0.4) is 0 Å². The van der Waals surface area contributed by atoms with Gasteiger partial charge >= 0.3 is 7.12 Å². The van der Waals surface area contributed by atoms with Crippen LogP contribution in [0.4, 0.5) is 4.39 Å². The fourth-order valence-corrected chi connectivity index (χ4v) is 1.68. The maximum absolute atomic E-state index is 13.0. The molecule has 0 fully saturated rings. The zero-order valence-electron chi connectivity index (χ0n) is 10.8. The molecule has 0 bridgehead atoms. The first-order valence-corrected chi connectivity index (χ1v) is 5.86. The number of ether oxygens (including phenoxy) is 2. The number of nitrogens with zero attached hydrogens (tertiary/aromatic N) is 1. The molecule has 0 aliphatic carbocycles. The average Bonchev–Trinajstić information content (AvgIpc) is 2.45. The lowest BCUT2D eigenvalue weighted by molar-refractivity contribution is 0.304. The van der Waals surface area contributed by atoms with Crippen LogP contribution in [-0.4, -0.2) is 29.3 Å².